The van der Waals surface area contributed by atoms with Crippen LogP contribution in [0.25, 0.3) is 0 Å². The van der Waals surface area contributed by atoms with Gasteiger partial charge >= 0.3 is 0 Å². The second-order valence-corrected chi connectivity index (χ2v) is 9.94. The van der Waals surface area contributed by atoms with Crippen LogP contribution in [0.4, 0.5) is 17.9 Å². The van der Waals surface area contributed by atoms with Gasteiger partial charge in [-0.15, -0.1) is 23.5 Å². The first-order chi connectivity index (χ1) is 17.2. The van der Waals surface area contributed by atoms with Crippen LogP contribution in [0.5, 0.6) is 0 Å². The smallest absolute Gasteiger partial charge is 0.186 e. The quantitative estimate of drug-likeness (QED) is 0.0667. The van der Waals surface area contributed by atoms with Crippen molar-refractivity contribution in [2.24, 2.45) is 0 Å². The Morgan fingerprint density at radius 2 is 1.44 bits per heavy atom. The fourth-order valence-electron chi connectivity index (χ4n) is 4.44. The molecule has 10 N–H and O–H groups in total. The van der Waals surface area contributed by atoms with Gasteiger partial charge in [-0.3, -0.25) is 0 Å². The van der Waals surface area contributed by atoms with E-state index in [-0.39, 0.29) is 6.42 Å². The highest BCUT2D eigenvalue weighted by atomic mass is 31.1. The molecule has 3 aliphatic rings. The molecule has 36 heavy (non-hydrogen) atoms. The van der Waals surface area contributed by atoms with Crippen molar-refractivity contribution < 1.29 is 67.3 Å². The molecule has 3 fully saturated rings. The van der Waals surface area contributed by atoms with Crippen molar-refractivity contribution in [3.05, 3.63) is 0 Å². The summed E-state index contributed by atoms with van der Waals surface area (Å²) in [7, 11) is -0.704. The molecule has 1 aliphatic carbocycles. The van der Waals surface area contributed by atoms with E-state index in [2.05, 4.69) is 0 Å². The molecule has 0 aromatic rings. The number of nitrogens with one attached hydrogen (secondary N) is 4. The molecule has 19 heteroatoms. The monoisotopic (exact) mass is 558 g/mol. The Hall–Kier alpha value is -0.410. The average Bonchev–Trinajstić information content (AvgIpc) is 3.17. The van der Waals surface area contributed by atoms with E-state index < -0.39 is 107 Å². The molecule has 15 unspecified atom stereocenters. The Morgan fingerprint density at radius 3 is 2.03 bits per heavy atom. The summed E-state index contributed by atoms with van der Waals surface area (Å²) in [4.78, 5) is 0. The average molecular weight is 558 g/mol. The van der Waals surface area contributed by atoms with E-state index >= 15 is 0 Å². The summed E-state index contributed by atoms with van der Waals surface area (Å²) >= 11 is 0. The summed E-state index contributed by atoms with van der Waals surface area (Å²) in [5.74, 6) is 0. The zero-order valence-electron chi connectivity index (χ0n) is 18.5. The molecule has 212 valence electrons. The van der Waals surface area contributed by atoms with Crippen LogP contribution >= 0.6 is 8.81 Å². The molecule has 1 saturated carbocycles. The molecule has 2 heterocycles. The molecule has 0 bridgehead atoms. The van der Waals surface area contributed by atoms with E-state index in [4.69, 9.17) is 18.7 Å². The third-order valence-corrected chi connectivity index (χ3v) is 7.78. The second-order valence-electron chi connectivity index (χ2n) is 8.72. The maximum absolute atomic E-state index is 13.5. The standard InChI is InChI=1S/C17H31F4N4O10P/c18-22-2-5-11(28)13(30)9(25-21)16(32-5)35-36-7-1-4(23-19)15(12(7)29)34-17-14(31)8(24-20)10(27)6(3-26)33-17/h4-17,22-31,36H,1-3H2. The van der Waals surface area contributed by atoms with Gasteiger partial charge in [0.25, 0.3) is 0 Å². The van der Waals surface area contributed by atoms with Crippen molar-refractivity contribution in [1.82, 2.24) is 22.2 Å². The molecule has 0 aromatic heterocycles. The lowest BCUT2D eigenvalue weighted by Gasteiger charge is -2.42. The molecule has 0 spiro atoms. The van der Waals surface area contributed by atoms with Crippen LogP contribution in [0, 0.1) is 0 Å². The lowest BCUT2D eigenvalue weighted by molar-refractivity contribution is -0.302. The molecule has 0 aromatic carbocycles. The lowest BCUT2D eigenvalue weighted by atomic mass is 9.97. The normalized spacial score (nSPS) is 48.2. The number of aliphatic hydroxyl groups excluding tert-OH is 6. The fourth-order valence-corrected chi connectivity index (χ4v) is 5.63. The van der Waals surface area contributed by atoms with Gasteiger partial charge in [0.05, 0.1) is 31.3 Å². The molecule has 2 saturated heterocycles. The van der Waals surface area contributed by atoms with E-state index in [1.807, 2.05) is 0 Å². The molecule has 14 nitrogen and oxygen atoms in total. The van der Waals surface area contributed by atoms with Crippen LogP contribution in [-0.2, 0) is 18.7 Å². The summed E-state index contributed by atoms with van der Waals surface area (Å²) in [6, 6.07) is -4.35. The van der Waals surface area contributed by atoms with Crippen LogP contribution in [0.1, 0.15) is 6.42 Å². The largest absolute Gasteiger partial charge is 0.394 e. The molecule has 0 radical (unpaired) electrons. The molecule has 3 rings (SSSR count). The topological polar surface area (TPSA) is 206 Å². The van der Waals surface area contributed by atoms with E-state index in [1.54, 1.807) is 0 Å². The van der Waals surface area contributed by atoms with Crippen molar-refractivity contribution in [1.29, 1.82) is 0 Å². The molecule has 0 amide bonds. The number of hydrogen-bond donors (Lipinski definition) is 10. The number of rotatable bonds is 11. The predicted molar refractivity (Wildman–Crippen MR) is 110 cm³/mol. The van der Waals surface area contributed by atoms with Gasteiger partial charge in [0.15, 0.2) is 12.6 Å². The Labute approximate surface area is 203 Å². The van der Waals surface area contributed by atoms with Crippen molar-refractivity contribution in [2.45, 2.75) is 91.6 Å². The SMILES string of the molecule is OCC1OC(OC2C(NF)CC(POC3OC(CNF)C(O)C(O)C3NF)C2O)C(O)C(NF)C1O. The number of ether oxygens (including phenoxy) is 3. The van der Waals surface area contributed by atoms with Crippen LogP contribution in [0.2, 0.25) is 0 Å². The molecular formula is C17H31F4N4O10P. The highest BCUT2D eigenvalue weighted by Crippen LogP contribution is 2.40. The third kappa shape index (κ3) is 6.24. The summed E-state index contributed by atoms with van der Waals surface area (Å²) < 4.78 is 73.9. The van der Waals surface area contributed by atoms with Crippen LogP contribution in [0.3, 0.4) is 0 Å². The van der Waals surface area contributed by atoms with E-state index in [0.717, 1.165) is 0 Å². The summed E-state index contributed by atoms with van der Waals surface area (Å²) in [6.07, 6.45) is -15.7. The fraction of sp³-hybridized carbons (Fsp3) is 1.00. The van der Waals surface area contributed by atoms with E-state index in [0.29, 0.717) is 0 Å². The first kappa shape index (κ1) is 30.1. The predicted octanol–water partition coefficient (Wildman–Crippen LogP) is -4.00. The van der Waals surface area contributed by atoms with Crippen LogP contribution in [0.15, 0.2) is 0 Å². The zero-order valence-corrected chi connectivity index (χ0v) is 19.5. The van der Waals surface area contributed by atoms with E-state index in [1.165, 1.54) is 22.2 Å². The molecule has 15 atom stereocenters. The van der Waals surface area contributed by atoms with Crippen molar-refractivity contribution in [2.75, 3.05) is 13.2 Å². The van der Waals surface area contributed by atoms with Crippen molar-refractivity contribution in [3.8, 4) is 0 Å². The number of aliphatic hydroxyl groups is 6. The van der Waals surface area contributed by atoms with Crippen LogP contribution < -0.4 is 22.2 Å². The zero-order chi connectivity index (χ0) is 26.6. The minimum absolute atomic E-state index is 0.110. The van der Waals surface area contributed by atoms with Gasteiger partial charge < -0.3 is 49.4 Å². The minimum Gasteiger partial charge on any atom is -0.394 e. The maximum Gasteiger partial charge on any atom is 0.186 e. The maximum atomic E-state index is 13.5. The van der Waals surface area contributed by atoms with Crippen LogP contribution in [-0.4, -0.2) is 129 Å². The van der Waals surface area contributed by atoms with Gasteiger partial charge in [0, 0.05) is 14.5 Å². The van der Waals surface area contributed by atoms with Gasteiger partial charge in [0.1, 0.15) is 48.8 Å². The van der Waals surface area contributed by atoms with Gasteiger partial charge in [-0.05, 0) is 6.42 Å². The highest BCUT2D eigenvalue weighted by molar-refractivity contribution is 7.33. The van der Waals surface area contributed by atoms with Crippen molar-refractivity contribution in [3.63, 3.8) is 0 Å². The summed E-state index contributed by atoms with van der Waals surface area (Å²) in [5, 5.41) is 60.3. The van der Waals surface area contributed by atoms with Crippen molar-refractivity contribution >= 4 is 8.81 Å². The minimum atomic E-state index is -1.81. The van der Waals surface area contributed by atoms with Gasteiger partial charge in [0.2, 0.25) is 0 Å². The number of hydrogen-bond acceptors (Lipinski definition) is 14. The summed E-state index contributed by atoms with van der Waals surface area (Å²) in [6.45, 7) is -1.30. The number of halogens is 4. The molecule has 2 aliphatic heterocycles. The first-order valence-electron chi connectivity index (χ1n) is 11.0. The van der Waals surface area contributed by atoms with Gasteiger partial charge in [-0.2, -0.15) is 16.6 Å². The highest BCUT2D eigenvalue weighted by Gasteiger charge is 2.51. The van der Waals surface area contributed by atoms with Gasteiger partial charge in [-0.1, -0.05) is 0 Å². The Balaban J connectivity index is 1.65. The van der Waals surface area contributed by atoms with E-state index in [9.17, 15) is 48.6 Å². The van der Waals surface area contributed by atoms with Gasteiger partial charge in [-0.25, -0.2) is 0 Å². The first-order valence-corrected chi connectivity index (χ1v) is 12.0. The lowest BCUT2D eigenvalue weighted by Crippen LogP contribution is -2.64. The summed E-state index contributed by atoms with van der Waals surface area (Å²) in [5.41, 5.74) is 4.29. The Morgan fingerprint density at radius 1 is 0.778 bits per heavy atom. The Bertz CT molecular complexity index is 687. The Kier molecular flexibility index (Phi) is 11.4. The third-order valence-electron chi connectivity index (χ3n) is 6.54. The second kappa shape index (κ2) is 13.6. The molecular weight excluding hydrogens is 527 g/mol.